The zero-order valence-corrected chi connectivity index (χ0v) is 16.6. The maximum absolute atomic E-state index is 12.5. The van der Waals surface area contributed by atoms with Gasteiger partial charge in [0.05, 0.1) is 11.0 Å². The van der Waals surface area contributed by atoms with E-state index in [1.165, 1.54) is 24.3 Å². The normalized spacial score (nSPS) is 16.8. The third-order valence-corrected chi connectivity index (χ3v) is 6.40. The maximum Gasteiger partial charge on any atom is 0.255 e. The Labute approximate surface area is 169 Å². The fourth-order valence-corrected chi connectivity index (χ4v) is 4.41. The van der Waals surface area contributed by atoms with Crippen LogP contribution in [-0.4, -0.2) is 33.6 Å². The van der Waals surface area contributed by atoms with Gasteiger partial charge in [-0.25, -0.2) is 13.1 Å². The Bertz CT molecular complexity index is 1120. The molecule has 0 spiro atoms. The molecule has 1 aliphatic rings. The van der Waals surface area contributed by atoms with E-state index in [1.54, 1.807) is 0 Å². The molecule has 0 radical (unpaired) electrons. The van der Waals surface area contributed by atoms with Crippen LogP contribution in [0.2, 0.25) is 0 Å². The third kappa shape index (κ3) is 4.64. The molecule has 6 nitrogen and oxygen atoms in total. The molecule has 0 aromatic heterocycles. The number of hydrogen-bond acceptors (Lipinski definition) is 4. The number of nitrogens with one attached hydrogen (secondary N) is 2. The van der Waals surface area contributed by atoms with Gasteiger partial charge >= 0.3 is 0 Å². The molecule has 0 saturated carbocycles. The van der Waals surface area contributed by atoms with Crippen molar-refractivity contribution in [1.29, 1.82) is 0 Å². The maximum atomic E-state index is 12.5. The van der Waals surface area contributed by atoms with Crippen molar-refractivity contribution < 1.29 is 17.9 Å². The average molecular weight is 410 g/mol. The molecule has 1 saturated heterocycles. The van der Waals surface area contributed by atoms with Crippen LogP contribution < -0.4 is 10.0 Å². The number of sulfonamides is 1. The number of rotatable bonds is 6. The predicted octanol–water partition coefficient (Wildman–Crippen LogP) is 3.55. The van der Waals surface area contributed by atoms with Gasteiger partial charge in [-0.2, -0.15) is 0 Å². The van der Waals surface area contributed by atoms with Crippen molar-refractivity contribution in [2.24, 2.45) is 0 Å². The van der Waals surface area contributed by atoms with Crippen molar-refractivity contribution in [2.45, 2.75) is 23.8 Å². The number of fused-ring (bicyclic) bond motifs is 1. The fraction of sp³-hybridized carbons (Fsp3) is 0.227. The molecule has 29 heavy (non-hydrogen) atoms. The van der Waals surface area contributed by atoms with E-state index in [2.05, 4.69) is 10.0 Å². The Kier molecular flexibility index (Phi) is 5.62. The van der Waals surface area contributed by atoms with Gasteiger partial charge in [0, 0.05) is 24.4 Å². The molecule has 0 aliphatic carbocycles. The summed E-state index contributed by atoms with van der Waals surface area (Å²) < 4.78 is 32.8. The molecule has 0 bridgehead atoms. The first-order chi connectivity index (χ1) is 14.0. The van der Waals surface area contributed by atoms with Gasteiger partial charge in [0.2, 0.25) is 10.0 Å². The minimum atomic E-state index is -3.64. The molecule has 1 amide bonds. The van der Waals surface area contributed by atoms with Crippen LogP contribution in [0.5, 0.6) is 0 Å². The van der Waals surface area contributed by atoms with E-state index in [4.69, 9.17) is 4.74 Å². The first-order valence-electron chi connectivity index (χ1n) is 9.53. The third-order valence-electron chi connectivity index (χ3n) is 4.96. The molecule has 7 heteroatoms. The molecule has 3 aromatic carbocycles. The summed E-state index contributed by atoms with van der Waals surface area (Å²) in [6.07, 6.45) is 1.74. The van der Waals surface area contributed by atoms with Crippen molar-refractivity contribution in [3.8, 4) is 0 Å². The van der Waals surface area contributed by atoms with Crippen LogP contribution in [0, 0.1) is 0 Å². The number of amides is 1. The summed E-state index contributed by atoms with van der Waals surface area (Å²) in [5.41, 5.74) is 1.07. The molecule has 1 fully saturated rings. The number of carbonyl (C=O) groups is 1. The van der Waals surface area contributed by atoms with Crippen LogP contribution in [0.25, 0.3) is 10.8 Å². The van der Waals surface area contributed by atoms with E-state index in [0.29, 0.717) is 17.9 Å². The zero-order chi connectivity index (χ0) is 20.3. The standard InChI is InChI=1S/C22H22N2O4S/c25-22(24-19-10-7-16-4-1-2-5-18(16)14-19)17-8-11-21(12-9-17)29(26,27)23-15-20-6-3-13-28-20/h1-2,4-5,7-12,14,20,23H,3,6,13,15H2,(H,24,25)/t20-/m1/s1. The van der Waals surface area contributed by atoms with Crippen LogP contribution >= 0.6 is 0 Å². The molecule has 1 atom stereocenters. The quantitative estimate of drug-likeness (QED) is 0.651. The molecule has 150 valence electrons. The number of carbonyl (C=O) groups excluding carboxylic acids is 1. The van der Waals surface area contributed by atoms with Crippen LogP contribution in [0.1, 0.15) is 23.2 Å². The smallest absolute Gasteiger partial charge is 0.255 e. The summed E-state index contributed by atoms with van der Waals surface area (Å²) in [5, 5.41) is 4.97. The number of benzene rings is 3. The van der Waals surface area contributed by atoms with Gasteiger partial charge in [-0.05, 0) is 60.0 Å². The van der Waals surface area contributed by atoms with Gasteiger partial charge in [-0.15, -0.1) is 0 Å². The first kappa shape index (κ1) is 19.6. The average Bonchev–Trinajstić information content (AvgIpc) is 3.26. The zero-order valence-electron chi connectivity index (χ0n) is 15.8. The Balaban J connectivity index is 1.42. The molecular formula is C22H22N2O4S. The second-order valence-corrected chi connectivity index (χ2v) is 8.79. The Hall–Kier alpha value is -2.74. The second kappa shape index (κ2) is 8.32. The highest BCUT2D eigenvalue weighted by atomic mass is 32.2. The highest BCUT2D eigenvalue weighted by molar-refractivity contribution is 7.89. The molecule has 4 rings (SSSR count). The summed E-state index contributed by atoms with van der Waals surface area (Å²) in [7, 11) is -3.64. The Morgan fingerprint density at radius 3 is 2.48 bits per heavy atom. The summed E-state index contributed by atoms with van der Waals surface area (Å²) in [6, 6.07) is 19.5. The van der Waals surface area contributed by atoms with Crippen LogP contribution in [0.3, 0.4) is 0 Å². The molecule has 1 heterocycles. The van der Waals surface area contributed by atoms with Crippen LogP contribution in [-0.2, 0) is 14.8 Å². The van der Waals surface area contributed by atoms with Gasteiger partial charge in [-0.3, -0.25) is 4.79 Å². The number of ether oxygens (including phenoxy) is 1. The van der Waals surface area contributed by atoms with Crippen molar-refractivity contribution in [3.05, 3.63) is 72.3 Å². The Morgan fingerprint density at radius 2 is 1.76 bits per heavy atom. The van der Waals surface area contributed by atoms with Crippen molar-refractivity contribution in [3.63, 3.8) is 0 Å². The highest BCUT2D eigenvalue weighted by Gasteiger charge is 2.20. The lowest BCUT2D eigenvalue weighted by Crippen LogP contribution is -2.31. The van der Waals surface area contributed by atoms with E-state index in [0.717, 1.165) is 23.6 Å². The highest BCUT2D eigenvalue weighted by Crippen LogP contribution is 2.20. The van der Waals surface area contributed by atoms with E-state index in [1.807, 2.05) is 42.5 Å². The number of anilines is 1. The summed E-state index contributed by atoms with van der Waals surface area (Å²) in [6.45, 7) is 0.931. The monoisotopic (exact) mass is 410 g/mol. The van der Waals surface area contributed by atoms with Gasteiger partial charge in [0.15, 0.2) is 0 Å². The van der Waals surface area contributed by atoms with Crippen molar-refractivity contribution in [1.82, 2.24) is 4.72 Å². The van der Waals surface area contributed by atoms with Crippen LogP contribution in [0.4, 0.5) is 5.69 Å². The largest absolute Gasteiger partial charge is 0.377 e. The molecule has 3 aromatic rings. The van der Waals surface area contributed by atoms with Crippen LogP contribution in [0.15, 0.2) is 71.6 Å². The molecule has 1 aliphatic heterocycles. The van der Waals surface area contributed by atoms with Gasteiger partial charge in [0.1, 0.15) is 0 Å². The van der Waals surface area contributed by atoms with E-state index < -0.39 is 10.0 Å². The summed E-state index contributed by atoms with van der Waals surface area (Å²) >= 11 is 0. The molecular weight excluding hydrogens is 388 g/mol. The van der Waals surface area contributed by atoms with E-state index in [9.17, 15) is 13.2 Å². The minimum absolute atomic E-state index is 0.0724. The number of hydrogen-bond donors (Lipinski definition) is 2. The first-order valence-corrected chi connectivity index (χ1v) is 11.0. The van der Waals surface area contributed by atoms with E-state index >= 15 is 0 Å². The molecule has 0 unspecified atom stereocenters. The molecule has 2 N–H and O–H groups in total. The fourth-order valence-electron chi connectivity index (χ4n) is 3.35. The predicted molar refractivity (Wildman–Crippen MR) is 113 cm³/mol. The van der Waals surface area contributed by atoms with Gasteiger partial charge in [-0.1, -0.05) is 30.3 Å². The van der Waals surface area contributed by atoms with E-state index in [-0.39, 0.29) is 23.5 Å². The summed E-state index contributed by atoms with van der Waals surface area (Å²) in [5.74, 6) is -0.295. The lowest BCUT2D eigenvalue weighted by atomic mass is 10.1. The lowest BCUT2D eigenvalue weighted by molar-refractivity contribution is 0.102. The lowest BCUT2D eigenvalue weighted by Gasteiger charge is -2.12. The SMILES string of the molecule is O=C(Nc1ccc2ccccc2c1)c1ccc(S(=O)(=O)NC[C@H]2CCCO2)cc1. The van der Waals surface area contributed by atoms with Crippen molar-refractivity contribution in [2.75, 3.05) is 18.5 Å². The second-order valence-electron chi connectivity index (χ2n) is 7.03. The summed E-state index contributed by atoms with van der Waals surface area (Å²) in [4.78, 5) is 12.6. The van der Waals surface area contributed by atoms with Gasteiger partial charge < -0.3 is 10.1 Å². The Morgan fingerprint density at radius 1 is 1.00 bits per heavy atom. The van der Waals surface area contributed by atoms with Gasteiger partial charge in [0.25, 0.3) is 5.91 Å². The minimum Gasteiger partial charge on any atom is -0.377 e. The van der Waals surface area contributed by atoms with Crippen molar-refractivity contribution >= 4 is 32.4 Å². The topological polar surface area (TPSA) is 84.5 Å².